The quantitative estimate of drug-likeness (QED) is 0.196. The summed E-state index contributed by atoms with van der Waals surface area (Å²) < 4.78 is 0. The fourth-order valence-corrected chi connectivity index (χ4v) is 4.39. The van der Waals surface area contributed by atoms with E-state index >= 15 is 0 Å². The van der Waals surface area contributed by atoms with Gasteiger partial charge in [0.05, 0.1) is 16.7 Å². The van der Waals surface area contributed by atoms with Gasteiger partial charge < -0.3 is 20.9 Å². The van der Waals surface area contributed by atoms with Gasteiger partial charge in [0.2, 0.25) is 0 Å². The summed E-state index contributed by atoms with van der Waals surface area (Å²) in [6.07, 6.45) is 3.58. The maximum absolute atomic E-state index is 4.70. The minimum Gasteiger partial charge on any atom is -0.385 e. The van der Waals surface area contributed by atoms with Crippen molar-refractivity contribution in [3.63, 3.8) is 0 Å². The Bertz CT molecular complexity index is 1760. The summed E-state index contributed by atoms with van der Waals surface area (Å²) in [5.74, 6) is 2.17. The van der Waals surface area contributed by atoms with Gasteiger partial charge in [0, 0.05) is 52.7 Å². The lowest BCUT2D eigenvalue weighted by atomic mass is 10.1. The number of imidazole rings is 1. The average molecular weight is 502 g/mol. The summed E-state index contributed by atoms with van der Waals surface area (Å²) in [5.41, 5.74) is 8.13. The lowest BCUT2D eigenvalue weighted by Gasteiger charge is -2.12. The lowest BCUT2D eigenvalue weighted by Crippen LogP contribution is -1.99. The maximum Gasteiger partial charge on any atom is 0.180 e. The van der Waals surface area contributed by atoms with E-state index in [-0.39, 0.29) is 0 Å². The second-order valence-corrected chi connectivity index (χ2v) is 9.09. The van der Waals surface area contributed by atoms with Crippen molar-refractivity contribution in [2.24, 2.45) is 0 Å². The van der Waals surface area contributed by atoms with E-state index in [1.165, 1.54) is 0 Å². The van der Waals surface area contributed by atoms with E-state index < -0.39 is 0 Å². The number of hydrogen-bond acceptors (Lipinski definition) is 8. The zero-order valence-corrected chi connectivity index (χ0v) is 21.4. The number of nitrogens with one attached hydrogen (secondary N) is 4. The zero-order valence-electron chi connectivity index (χ0n) is 21.4. The minimum absolute atomic E-state index is 0.633. The van der Waals surface area contributed by atoms with Gasteiger partial charge in [-0.25, -0.2) is 15.0 Å². The van der Waals surface area contributed by atoms with E-state index in [2.05, 4.69) is 59.9 Å². The Morgan fingerprint density at radius 1 is 0.763 bits per heavy atom. The van der Waals surface area contributed by atoms with Crippen LogP contribution in [0.15, 0.2) is 73.1 Å². The highest BCUT2D eigenvalue weighted by Crippen LogP contribution is 2.29. The largest absolute Gasteiger partial charge is 0.385 e. The Hall–Kier alpha value is -5.05. The van der Waals surface area contributed by atoms with Gasteiger partial charge in [-0.1, -0.05) is 0 Å². The van der Waals surface area contributed by atoms with Crippen molar-refractivity contribution in [3.8, 4) is 11.4 Å². The third-order valence-corrected chi connectivity index (χ3v) is 6.13. The van der Waals surface area contributed by atoms with Crippen molar-refractivity contribution < 1.29 is 0 Å². The highest BCUT2D eigenvalue weighted by atomic mass is 15.1. The smallest absolute Gasteiger partial charge is 0.180 e. The molecule has 0 aliphatic carbocycles. The number of anilines is 5. The molecule has 6 aromatic rings. The third-order valence-electron chi connectivity index (χ3n) is 6.13. The van der Waals surface area contributed by atoms with Crippen LogP contribution in [-0.4, -0.2) is 36.4 Å². The van der Waals surface area contributed by atoms with E-state index in [1.54, 1.807) is 12.4 Å². The molecule has 4 N–H and O–H groups in total. The SMILES string of the molecule is CCNc1ccc2nc(C)cc(Nc3ccc(-c4nc5nc(Nc6ccnc(C)c6)ccc5[nH]4)cn3)c2c1. The first-order valence-electron chi connectivity index (χ1n) is 12.5. The van der Waals surface area contributed by atoms with Gasteiger partial charge in [0.1, 0.15) is 17.5 Å². The zero-order chi connectivity index (χ0) is 26.1. The molecule has 0 aliphatic rings. The number of aryl methyl sites for hydroxylation is 2. The number of nitrogens with zero attached hydrogens (tertiary/aromatic N) is 5. The topological polar surface area (TPSA) is 116 Å². The number of H-pyrrole nitrogens is 1. The van der Waals surface area contributed by atoms with Crippen LogP contribution in [0, 0.1) is 13.8 Å². The number of pyridine rings is 4. The van der Waals surface area contributed by atoms with E-state index in [4.69, 9.17) is 4.98 Å². The van der Waals surface area contributed by atoms with Crippen LogP contribution in [0.2, 0.25) is 0 Å². The molecule has 5 heterocycles. The first-order chi connectivity index (χ1) is 18.5. The molecule has 0 unspecified atom stereocenters. The number of aromatic amines is 1. The molecular weight excluding hydrogens is 474 g/mol. The van der Waals surface area contributed by atoms with Crippen molar-refractivity contribution in [1.82, 2.24) is 29.9 Å². The summed E-state index contributed by atoms with van der Waals surface area (Å²) in [6, 6.07) is 20.0. The molecule has 188 valence electrons. The third kappa shape index (κ3) is 4.81. The molecule has 0 bridgehead atoms. The van der Waals surface area contributed by atoms with Crippen LogP contribution in [0.5, 0.6) is 0 Å². The molecule has 0 spiro atoms. The van der Waals surface area contributed by atoms with Crippen LogP contribution in [0.3, 0.4) is 0 Å². The fourth-order valence-electron chi connectivity index (χ4n) is 4.39. The first-order valence-corrected chi connectivity index (χ1v) is 12.5. The maximum atomic E-state index is 4.70. The van der Waals surface area contributed by atoms with Crippen molar-refractivity contribution in [1.29, 1.82) is 0 Å². The Labute approximate surface area is 219 Å². The predicted molar refractivity (Wildman–Crippen MR) is 153 cm³/mol. The molecule has 9 nitrogen and oxygen atoms in total. The Morgan fingerprint density at radius 2 is 1.66 bits per heavy atom. The highest BCUT2D eigenvalue weighted by Gasteiger charge is 2.10. The number of hydrogen-bond donors (Lipinski definition) is 4. The van der Waals surface area contributed by atoms with Gasteiger partial charge in [0.25, 0.3) is 0 Å². The van der Waals surface area contributed by atoms with E-state index in [1.807, 2.05) is 62.4 Å². The second kappa shape index (κ2) is 9.78. The van der Waals surface area contributed by atoms with Crippen LogP contribution < -0.4 is 16.0 Å². The minimum atomic E-state index is 0.633. The standard InChI is InChI=1S/C29H27N9/c1-4-30-20-6-7-23-22(15-20)25(14-18(3)33-23)35-26-9-5-19(16-32-26)28-36-24-8-10-27(37-29(24)38-28)34-21-11-12-31-17(2)13-21/h5-16,30H,4H2,1-3H3,(H,32,33,35)(H2,31,34,36,37,38). The molecule has 0 saturated carbocycles. The Morgan fingerprint density at radius 3 is 2.47 bits per heavy atom. The summed E-state index contributed by atoms with van der Waals surface area (Å²) in [4.78, 5) is 26.3. The molecular formula is C29H27N9. The number of aromatic nitrogens is 6. The van der Waals surface area contributed by atoms with Gasteiger partial charge in [-0.15, -0.1) is 0 Å². The van der Waals surface area contributed by atoms with E-state index in [0.29, 0.717) is 11.5 Å². The number of rotatable bonds is 7. The van der Waals surface area contributed by atoms with E-state index in [0.717, 1.165) is 68.6 Å². The van der Waals surface area contributed by atoms with Gasteiger partial charge in [0.15, 0.2) is 5.65 Å². The first kappa shape index (κ1) is 23.4. The summed E-state index contributed by atoms with van der Waals surface area (Å²) >= 11 is 0. The molecule has 9 heteroatoms. The van der Waals surface area contributed by atoms with Crippen molar-refractivity contribution in [2.75, 3.05) is 22.5 Å². The molecule has 0 atom stereocenters. The van der Waals surface area contributed by atoms with Crippen LogP contribution in [-0.2, 0) is 0 Å². The average Bonchev–Trinajstić information content (AvgIpc) is 3.33. The second-order valence-electron chi connectivity index (χ2n) is 9.09. The molecule has 0 aliphatic heterocycles. The van der Waals surface area contributed by atoms with Crippen molar-refractivity contribution in [3.05, 3.63) is 84.4 Å². The molecule has 0 amide bonds. The summed E-state index contributed by atoms with van der Waals surface area (Å²) in [5, 5.41) is 11.2. The number of fused-ring (bicyclic) bond motifs is 2. The van der Waals surface area contributed by atoms with Crippen LogP contribution in [0.25, 0.3) is 33.5 Å². The Kier molecular flexibility index (Phi) is 6.01. The summed E-state index contributed by atoms with van der Waals surface area (Å²) in [7, 11) is 0. The molecule has 6 rings (SSSR count). The van der Waals surface area contributed by atoms with Gasteiger partial charge >= 0.3 is 0 Å². The van der Waals surface area contributed by atoms with Crippen LogP contribution in [0.1, 0.15) is 18.3 Å². The lowest BCUT2D eigenvalue weighted by molar-refractivity contribution is 1.20. The molecule has 0 fully saturated rings. The molecule has 38 heavy (non-hydrogen) atoms. The Balaban J connectivity index is 1.24. The monoisotopic (exact) mass is 501 g/mol. The normalized spacial score (nSPS) is 11.1. The van der Waals surface area contributed by atoms with Crippen molar-refractivity contribution in [2.45, 2.75) is 20.8 Å². The highest BCUT2D eigenvalue weighted by molar-refractivity contribution is 5.95. The molecule has 0 saturated heterocycles. The van der Waals surface area contributed by atoms with Crippen LogP contribution in [0.4, 0.5) is 28.7 Å². The fraction of sp³-hybridized carbons (Fsp3) is 0.138. The van der Waals surface area contributed by atoms with Crippen LogP contribution >= 0.6 is 0 Å². The molecule has 0 radical (unpaired) electrons. The van der Waals surface area contributed by atoms with Gasteiger partial charge in [-0.05, 0) is 81.4 Å². The summed E-state index contributed by atoms with van der Waals surface area (Å²) in [6.45, 7) is 6.89. The van der Waals surface area contributed by atoms with Gasteiger partial charge in [-0.3, -0.25) is 9.97 Å². The van der Waals surface area contributed by atoms with Crippen molar-refractivity contribution >= 4 is 50.8 Å². The molecule has 5 aromatic heterocycles. The predicted octanol–water partition coefficient (Wildman–Crippen LogP) is 6.50. The van der Waals surface area contributed by atoms with E-state index in [9.17, 15) is 0 Å². The molecule has 1 aromatic carbocycles. The van der Waals surface area contributed by atoms with Gasteiger partial charge in [-0.2, -0.15) is 0 Å². The number of benzene rings is 1.